The molecule has 2 unspecified atom stereocenters. The average Bonchev–Trinajstić information content (AvgIpc) is 3.67. The molecule has 0 radical (unpaired) electrons. The van der Waals surface area contributed by atoms with Crippen molar-refractivity contribution < 1.29 is 4.39 Å². The first kappa shape index (κ1) is 28.0. The lowest BCUT2D eigenvalue weighted by atomic mass is 10.1. The third-order valence-electron chi connectivity index (χ3n) is 6.07. The Labute approximate surface area is 208 Å². The van der Waals surface area contributed by atoms with Crippen LogP contribution in [-0.2, 0) is 6.54 Å². The topological polar surface area (TPSA) is 118 Å². The van der Waals surface area contributed by atoms with Crippen LogP contribution < -0.4 is 28.1 Å². The zero-order valence-corrected chi connectivity index (χ0v) is 20.7. The molecule has 1 aliphatic carbocycles. The Morgan fingerprint density at radius 2 is 1.89 bits per heavy atom. The lowest BCUT2D eigenvalue weighted by Crippen LogP contribution is -2.40. The number of rotatable bonds is 8. The van der Waals surface area contributed by atoms with Crippen LogP contribution in [-0.4, -0.2) is 29.1 Å². The maximum Gasteiger partial charge on any atom is 0.216 e. The van der Waals surface area contributed by atoms with Crippen LogP contribution in [0.3, 0.4) is 0 Å². The van der Waals surface area contributed by atoms with Crippen LogP contribution >= 0.6 is 0 Å². The molecule has 7 nitrogen and oxygen atoms in total. The number of likely N-dealkylation sites (tertiary alicyclic amines) is 1. The molecule has 1 aromatic carbocycles. The maximum absolute atomic E-state index is 12.8. The molecule has 2 atom stereocenters. The van der Waals surface area contributed by atoms with E-state index in [1.165, 1.54) is 18.0 Å². The molecule has 2 heterocycles. The van der Waals surface area contributed by atoms with Gasteiger partial charge in [0.25, 0.3) is 0 Å². The normalized spacial score (nSPS) is 19.5. The molecule has 1 aromatic heterocycles. The van der Waals surface area contributed by atoms with E-state index in [1.54, 1.807) is 12.1 Å². The van der Waals surface area contributed by atoms with Crippen molar-refractivity contribution in [3.05, 3.63) is 103 Å². The van der Waals surface area contributed by atoms with Gasteiger partial charge in [0, 0.05) is 42.3 Å². The van der Waals surface area contributed by atoms with Crippen molar-refractivity contribution in [1.82, 2.24) is 20.6 Å². The Hall–Kier alpha value is -3.20. The minimum absolute atomic E-state index is 0.176. The van der Waals surface area contributed by atoms with Crippen LogP contribution in [0.1, 0.15) is 49.1 Å². The molecule has 0 amide bonds. The van der Waals surface area contributed by atoms with E-state index in [9.17, 15) is 4.39 Å². The van der Waals surface area contributed by atoms with Gasteiger partial charge in [0.1, 0.15) is 0 Å². The first-order valence-corrected chi connectivity index (χ1v) is 11.9. The van der Waals surface area contributed by atoms with Crippen molar-refractivity contribution in [2.45, 2.75) is 56.8 Å². The lowest BCUT2D eigenvalue weighted by Gasteiger charge is -2.25. The van der Waals surface area contributed by atoms with Crippen LogP contribution in [0.4, 0.5) is 4.39 Å². The summed E-state index contributed by atoms with van der Waals surface area (Å²) in [6, 6.07) is 14.3. The predicted octanol–water partition coefficient (Wildman–Crippen LogP) is 3.59. The SMILES string of the molecule is C=C(NCc1ccccc1)C1CCC(N)N1C.C=CC/C(=C/N)NN.Fc1ncccc1C1CC1. The molecule has 1 aliphatic heterocycles. The number of likely N-dealkylation sites (N-methyl/N-ethyl adjacent to an activating group) is 1. The molecule has 1 saturated carbocycles. The van der Waals surface area contributed by atoms with Crippen molar-refractivity contribution in [3.8, 4) is 0 Å². The molecule has 1 saturated heterocycles. The van der Waals surface area contributed by atoms with E-state index in [2.05, 4.69) is 65.1 Å². The van der Waals surface area contributed by atoms with E-state index in [0.717, 1.165) is 49.2 Å². The van der Waals surface area contributed by atoms with E-state index in [4.69, 9.17) is 17.3 Å². The highest BCUT2D eigenvalue weighted by atomic mass is 19.1. The van der Waals surface area contributed by atoms with E-state index in [1.807, 2.05) is 12.1 Å². The third kappa shape index (κ3) is 9.52. The van der Waals surface area contributed by atoms with Gasteiger partial charge in [-0.1, -0.05) is 49.1 Å². The van der Waals surface area contributed by atoms with E-state index in [0.29, 0.717) is 18.4 Å². The van der Waals surface area contributed by atoms with Crippen LogP contribution in [0.25, 0.3) is 0 Å². The first-order chi connectivity index (χ1) is 16.9. The Kier molecular flexibility index (Phi) is 12.0. The molecular weight excluding hydrogens is 441 g/mol. The van der Waals surface area contributed by atoms with E-state index < -0.39 is 0 Å². The number of nitrogens with one attached hydrogen (secondary N) is 2. The maximum atomic E-state index is 12.8. The summed E-state index contributed by atoms with van der Waals surface area (Å²) in [4.78, 5) is 5.77. The van der Waals surface area contributed by atoms with Crippen molar-refractivity contribution >= 4 is 0 Å². The van der Waals surface area contributed by atoms with Gasteiger partial charge in [-0.15, -0.1) is 6.58 Å². The summed E-state index contributed by atoms with van der Waals surface area (Å²) in [5, 5.41) is 3.40. The van der Waals surface area contributed by atoms with E-state index >= 15 is 0 Å². The van der Waals surface area contributed by atoms with Crippen LogP contribution in [0.2, 0.25) is 0 Å². The molecule has 8 heteroatoms. The molecule has 4 rings (SSSR count). The highest BCUT2D eigenvalue weighted by molar-refractivity contribution is 5.20. The van der Waals surface area contributed by atoms with Gasteiger partial charge in [0.15, 0.2) is 0 Å². The van der Waals surface area contributed by atoms with Crippen molar-refractivity contribution in [1.29, 1.82) is 0 Å². The lowest BCUT2D eigenvalue weighted by molar-refractivity contribution is 0.262. The average molecular weight is 482 g/mol. The molecular formula is C27H40FN7. The quantitative estimate of drug-likeness (QED) is 0.169. The fourth-order valence-electron chi connectivity index (χ4n) is 3.74. The molecule has 2 aromatic rings. The molecule has 2 aliphatic rings. The van der Waals surface area contributed by atoms with Gasteiger partial charge in [-0.2, -0.15) is 4.39 Å². The molecule has 8 N–H and O–H groups in total. The van der Waals surface area contributed by atoms with Crippen molar-refractivity contribution in [3.63, 3.8) is 0 Å². The number of aromatic nitrogens is 1. The molecule has 35 heavy (non-hydrogen) atoms. The van der Waals surface area contributed by atoms with E-state index in [-0.39, 0.29) is 12.1 Å². The summed E-state index contributed by atoms with van der Waals surface area (Å²) in [7, 11) is 2.07. The fourth-order valence-corrected chi connectivity index (χ4v) is 3.74. The summed E-state index contributed by atoms with van der Waals surface area (Å²) in [6.45, 7) is 8.47. The molecule has 0 spiro atoms. The van der Waals surface area contributed by atoms with Gasteiger partial charge in [-0.3, -0.25) is 10.7 Å². The monoisotopic (exact) mass is 481 g/mol. The summed E-state index contributed by atoms with van der Waals surface area (Å²) < 4.78 is 12.8. The minimum atomic E-state index is -0.287. The number of hydrazine groups is 1. The van der Waals surface area contributed by atoms with Gasteiger partial charge >= 0.3 is 0 Å². The Morgan fingerprint density at radius 3 is 2.37 bits per heavy atom. The van der Waals surface area contributed by atoms with Gasteiger partial charge in [-0.25, -0.2) is 4.98 Å². The largest absolute Gasteiger partial charge is 0.403 e. The highest BCUT2D eigenvalue weighted by Crippen LogP contribution is 2.40. The minimum Gasteiger partial charge on any atom is -0.403 e. The first-order valence-electron chi connectivity index (χ1n) is 11.9. The number of hydrogen-bond donors (Lipinski definition) is 5. The molecule has 2 fully saturated rings. The van der Waals surface area contributed by atoms with Gasteiger partial charge < -0.3 is 22.2 Å². The Bertz CT molecular complexity index is 944. The van der Waals surface area contributed by atoms with Crippen LogP contribution in [0, 0.1) is 5.95 Å². The second-order valence-corrected chi connectivity index (χ2v) is 8.68. The number of benzene rings is 1. The summed E-state index contributed by atoms with van der Waals surface area (Å²) in [5.41, 5.74) is 17.4. The summed E-state index contributed by atoms with van der Waals surface area (Å²) in [5.74, 6) is 5.20. The fraction of sp³-hybridized carbons (Fsp3) is 0.370. The van der Waals surface area contributed by atoms with Gasteiger partial charge in [0.05, 0.1) is 12.2 Å². The van der Waals surface area contributed by atoms with Gasteiger partial charge in [0.2, 0.25) is 5.95 Å². The number of halogens is 1. The number of hydrogen-bond acceptors (Lipinski definition) is 7. The standard InChI is InChI=1S/C14H21N3.C8H8FN.C5H11N3/c1-11(13-8-9-14(15)17(13)2)16-10-12-6-4-3-5-7-12;9-8-7(6-3-4-6)2-1-5-10-8;1-2-3-5(4-6)8-7/h3-7,13-14,16H,1,8-10,15H2,2H3;1-2,5-6H,3-4H2;2,4,8H,1,3,6-7H2/b;;5-4-. The van der Waals surface area contributed by atoms with Crippen LogP contribution in [0.5, 0.6) is 0 Å². The smallest absolute Gasteiger partial charge is 0.216 e. The second kappa shape index (κ2) is 14.9. The molecule has 0 bridgehead atoms. The van der Waals surface area contributed by atoms with Crippen molar-refractivity contribution in [2.24, 2.45) is 17.3 Å². The Balaban J connectivity index is 0.000000204. The highest BCUT2D eigenvalue weighted by Gasteiger charge is 2.29. The number of nitrogens with two attached hydrogens (primary N) is 3. The predicted molar refractivity (Wildman–Crippen MR) is 142 cm³/mol. The van der Waals surface area contributed by atoms with Crippen LogP contribution in [0.15, 0.2) is 85.5 Å². The molecule has 190 valence electrons. The summed E-state index contributed by atoms with van der Waals surface area (Å²) in [6.07, 6.45) is 9.89. The van der Waals surface area contributed by atoms with Crippen molar-refractivity contribution in [2.75, 3.05) is 7.05 Å². The zero-order valence-electron chi connectivity index (χ0n) is 20.7. The number of pyridine rings is 1. The zero-order chi connectivity index (χ0) is 25.6. The number of allylic oxidation sites excluding steroid dienone is 1. The second-order valence-electron chi connectivity index (χ2n) is 8.68. The summed E-state index contributed by atoms with van der Waals surface area (Å²) >= 11 is 0. The number of nitrogens with zero attached hydrogens (tertiary/aromatic N) is 2. The Morgan fingerprint density at radius 1 is 1.17 bits per heavy atom. The third-order valence-corrected chi connectivity index (χ3v) is 6.07. The van der Waals surface area contributed by atoms with Gasteiger partial charge in [-0.05, 0) is 50.3 Å².